The SMILES string of the molecule is CC(O)(Cc1cc(-c2ccccc2)n[nH]1)C(=O)O. The van der Waals surface area contributed by atoms with Crippen molar-refractivity contribution in [1.29, 1.82) is 0 Å². The number of carbonyl (C=O) groups is 1. The summed E-state index contributed by atoms with van der Waals surface area (Å²) in [5.74, 6) is -1.25. The van der Waals surface area contributed by atoms with Gasteiger partial charge in [-0.2, -0.15) is 5.10 Å². The number of aromatic nitrogens is 2. The van der Waals surface area contributed by atoms with Gasteiger partial charge in [0.15, 0.2) is 5.60 Å². The number of nitrogens with zero attached hydrogens (tertiary/aromatic N) is 1. The van der Waals surface area contributed by atoms with E-state index in [2.05, 4.69) is 10.2 Å². The molecule has 18 heavy (non-hydrogen) atoms. The van der Waals surface area contributed by atoms with Crippen molar-refractivity contribution in [2.24, 2.45) is 0 Å². The van der Waals surface area contributed by atoms with Crippen molar-refractivity contribution in [2.75, 3.05) is 0 Å². The molecule has 2 rings (SSSR count). The van der Waals surface area contributed by atoms with E-state index in [1.54, 1.807) is 6.07 Å². The fourth-order valence-electron chi connectivity index (χ4n) is 1.66. The highest BCUT2D eigenvalue weighted by Gasteiger charge is 2.30. The van der Waals surface area contributed by atoms with Gasteiger partial charge in [-0.1, -0.05) is 30.3 Å². The maximum Gasteiger partial charge on any atom is 0.335 e. The molecule has 94 valence electrons. The quantitative estimate of drug-likeness (QED) is 0.762. The molecule has 3 N–H and O–H groups in total. The monoisotopic (exact) mass is 246 g/mol. The molecule has 5 nitrogen and oxygen atoms in total. The Labute approximate surface area is 104 Å². The molecule has 1 aromatic carbocycles. The summed E-state index contributed by atoms with van der Waals surface area (Å²) in [6.07, 6.45) is -0.0117. The van der Waals surface area contributed by atoms with Crippen LogP contribution in [0.5, 0.6) is 0 Å². The molecule has 0 amide bonds. The number of carboxylic acids is 1. The first-order valence-corrected chi connectivity index (χ1v) is 5.54. The smallest absolute Gasteiger partial charge is 0.335 e. The van der Waals surface area contributed by atoms with Gasteiger partial charge in [0, 0.05) is 17.7 Å². The lowest BCUT2D eigenvalue weighted by molar-refractivity contribution is -0.156. The third-order valence-electron chi connectivity index (χ3n) is 2.70. The second-order valence-electron chi connectivity index (χ2n) is 4.40. The standard InChI is InChI=1S/C13H14N2O3/c1-13(18,12(16)17)8-10-7-11(15-14-10)9-5-3-2-4-6-9/h2-7,18H,8H2,1H3,(H,14,15)(H,16,17). The van der Waals surface area contributed by atoms with E-state index in [1.807, 2.05) is 30.3 Å². The Balaban J connectivity index is 2.19. The summed E-state index contributed by atoms with van der Waals surface area (Å²) in [7, 11) is 0. The van der Waals surface area contributed by atoms with E-state index in [0.717, 1.165) is 11.3 Å². The van der Waals surface area contributed by atoms with Gasteiger partial charge in [0.05, 0.1) is 5.69 Å². The molecular weight excluding hydrogens is 232 g/mol. The van der Waals surface area contributed by atoms with Crippen LogP contribution >= 0.6 is 0 Å². The zero-order chi connectivity index (χ0) is 13.2. The Bertz CT molecular complexity index is 546. The van der Waals surface area contributed by atoms with Crippen LogP contribution in [0, 0.1) is 0 Å². The van der Waals surface area contributed by atoms with Crippen LogP contribution in [0.4, 0.5) is 0 Å². The minimum atomic E-state index is -1.79. The van der Waals surface area contributed by atoms with Gasteiger partial charge in [0.25, 0.3) is 0 Å². The van der Waals surface area contributed by atoms with Crippen molar-refractivity contribution < 1.29 is 15.0 Å². The molecule has 0 aliphatic rings. The number of rotatable bonds is 4. The van der Waals surface area contributed by atoms with Crippen LogP contribution in [0.2, 0.25) is 0 Å². The van der Waals surface area contributed by atoms with Crippen molar-refractivity contribution >= 4 is 5.97 Å². The lowest BCUT2D eigenvalue weighted by atomic mass is 10.0. The summed E-state index contributed by atoms with van der Waals surface area (Å²) in [5, 5.41) is 25.4. The third-order valence-corrected chi connectivity index (χ3v) is 2.70. The van der Waals surface area contributed by atoms with Crippen molar-refractivity contribution in [3.8, 4) is 11.3 Å². The van der Waals surface area contributed by atoms with E-state index in [-0.39, 0.29) is 6.42 Å². The second kappa shape index (κ2) is 4.62. The van der Waals surface area contributed by atoms with Crippen molar-refractivity contribution in [1.82, 2.24) is 10.2 Å². The second-order valence-corrected chi connectivity index (χ2v) is 4.40. The van der Waals surface area contributed by atoms with Crippen LogP contribution in [-0.4, -0.2) is 32.0 Å². The summed E-state index contributed by atoms with van der Waals surface area (Å²) < 4.78 is 0. The first-order chi connectivity index (χ1) is 8.49. The van der Waals surface area contributed by atoms with E-state index in [4.69, 9.17) is 5.11 Å². The van der Waals surface area contributed by atoms with Gasteiger partial charge < -0.3 is 10.2 Å². The Hall–Kier alpha value is -2.14. The first kappa shape index (κ1) is 12.3. The number of aromatic amines is 1. The van der Waals surface area contributed by atoms with Gasteiger partial charge in [-0.25, -0.2) is 4.79 Å². The van der Waals surface area contributed by atoms with Crippen LogP contribution < -0.4 is 0 Å². The number of H-pyrrole nitrogens is 1. The largest absolute Gasteiger partial charge is 0.479 e. The Morgan fingerprint density at radius 3 is 2.67 bits per heavy atom. The maximum atomic E-state index is 10.8. The number of aliphatic hydroxyl groups is 1. The minimum absolute atomic E-state index is 0.0117. The van der Waals surface area contributed by atoms with Crippen LogP contribution in [-0.2, 0) is 11.2 Å². The molecule has 0 bridgehead atoms. The van der Waals surface area contributed by atoms with Gasteiger partial charge in [-0.15, -0.1) is 0 Å². The molecule has 0 spiro atoms. The predicted octanol–water partition coefficient (Wildman–Crippen LogP) is 1.45. The molecular formula is C13H14N2O3. The van der Waals surface area contributed by atoms with E-state index in [0.29, 0.717) is 5.69 Å². The molecule has 1 aromatic heterocycles. The summed E-state index contributed by atoms with van der Waals surface area (Å²) in [6.45, 7) is 1.26. The van der Waals surface area contributed by atoms with Gasteiger partial charge in [0.1, 0.15) is 0 Å². The maximum absolute atomic E-state index is 10.8. The zero-order valence-corrected chi connectivity index (χ0v) is 9.92. The number of hydrogen-bond acceptors (Lipinski definition) is 3. The van der Waals surface area contributed by atoms with E-state index < -0.39 is 11.6 Å². The fraction of sp³-hybridized carbons (Fsp3) is 0.231. The van der Waals surface area contributed by atoms with E-state index in [1.165, 1.54) is 6.92 Å². The number of benzene rings is 1. The molecule has 0 aliphatic heterocycles. The normalized spacial score (nSPS) is 14.1. The lowest BCUT2D eigenvalue weighted by Crippen LogP contribution is -2.37. The molecule has 0 fully saturated rings. The van der Waals surface area contributed by atoms with E-state index in [9.17, 15) is 9.90 Å². The highest BCUT2D eigenvalue weighted by molar-refractivity contribution is 5.77. The van der Waals surface area contributed by atoms with Crippen molar-refractivity contribution in [2.45, 2.75) is 18.9 Å². The Kier molecular flexibility index (Phi) is 3.16. The molecule has 0 aliphatic carbocycles. The number of carboxylic acid groups (broad SMARTS) is 1. The molecule has 1 unspecified atom stereocenters. The molecule has 1 atom stereocenters. The minimum Gasteiger partial charge on any atom is -0.479 e. The zero-order valence-electron chi connectivity index (χ0n) is 9.92. The third kappa shape index (κ3) is 2.57. The topological polar surface area (TPSA) is 86.2 Å². The van der Waals surface area contributed by atoms with Gasteiger partial charge in [-0.3, -0.25) is 5.10 Å². The summed E-state index contributed by atoms with van der Waals surface area (Å²) in [4.78, 5) is 10.8. The van der Waals surface area contributed by atoms with Gasteiger partial charge >= 0.3 is 5.97 Å². The van der Waals surface area contributed by atoms with Crippen LogP contribution in [0.3, 0.4) is 0 Å². The summed E-state index contributed by atoms with van der Waals surface area (Å²) in [6, 6.07) is 11.3. The average Bonchev–Trinajstić information content (AvgIpc) is 2.78. The van der Waals surface area contributed by atoms with E-state index >= 15 is 0 Å². The van der Waals surface area contributed by atoms with Crippen LogP contribution in [0.25, 0.3) is 11.3 Å². The fourth-order valence-corrected chi connectivity index (χ4v) is 1.66. The highest BCUT2D eigenvalue weighted by atomic mass is 16.4. The highest BCUT2D eigenvalue weighted by Crippen LogP contribution is 2.19. The number of aliphatic carboxylic acids is 1. The van der Waals surface area contributed by atoms with Crippen molar-refractivity contribution in [3.63, 3.8) is 0 Å². The van der Waals surface area contributed by atoms with Gasteiger partial charge in [-0.05, 0) is 13.0 Å². The summed E-state index contributed by atoms with van der Waals surface area (Å²) in [5.41, 5.74) is 0.462. The Morgan fingerprint density at radius 1 is 1.39 bits per heavy atom. The number of hydrogen-bond donors (Lipinski definition) is 3. The van der Waals surface area contributed by atoms with Gasteiger partial charge in [0.2, 0.25) is 0 Å². The molecule has 2 aromatic rings. The molecule has 0 radical (unpaired) electrons. The molecule has 5 heteroatoms. The van der Waals surface area contributed by atoms with Crippen LogP contribution in [0.15, 0.2) is 36.4 Å². The molecule has 1 heterocycles. The lowest BCUT2D eigenvalue weighted by Gasteiger charge is -2.15. The number of nitrogens with one attached hydrogen (secondary N) is 1. The molecule has 0 saturated carbocycles. The average molecular weight is 246 g/mol. The molecule has 0 saturated heterocycles. The Morgan fingerprint density at radius 2 is 2.06 bits per heavy atom. The first-order valence-electron chi connectivity index (χ1n) is 5.54. The van der Waals surface area contributed by atoms with Crippen LogP contribution in [0.1, 0.15) is 12.6 Å². The van der Waals surface area contributed by atoms with Crippen molar-refractivity contribution in [3.05, 3.63) is 42.1 Å². The summed E-state index contributed by atoms with van der Waals surface area (Å²) >= 11 is 0. The predicted molar refractivity (Wildman–Crippen MR) is 66.0 cm³/mol.